The fourth-order valence-electron chi connectivity index (χ4n) is 1.87. The molecule has 0 fully saturated rings. The summed E-state index contributed by atoms with van der Waals surface area (Å²) in [5.74, 6) is 0. The van der Waals surface area contributed by atoms with Gasteiger partial charge in [-0.2, -0.15) is 0 Å². The molecule has 2 aromatic carbocycles. The van der Waals surface area contributed by atoms with E-state index < -0.39 is 0 Å². The van der Waals surface area contributed by atoms with Crippen molar-refractivity contribution in [2.75, 3.05) is 11.9 Å². The Morgan fingerprint density at radius 2 is 1.71 bits per heavy atom. The second kappa shape index (κ2) is 7.34. The summed E-state index contributed by atoms with van der Waals surface area (Å²) in [6.07, 6.45) is 0.749. The van der Waals surface area contributed by atoms with Crippen molar-refractivity contribution in [2.24, 2.45) is 0 Å². The molecule has 110 valence electrons. The SMILES string of the molecule is Cc1ccc(Cl)cc1NC(=O)NCCc1ccc(Cl)cc1. The second-order valence-electron chi connectivity index (χ2n) is 4.72. The van der Waals surface area contributed by atoms with E-state index in [0.29, 0.717) is 22.3 Å². The van der Waals surface area contributed by atoms with Gasteiger partial charge in [-0.3, -0.25) is 0 Å². The summed E-state index contributed by atoms with van der Waals surface area (Å²) in [7, 11) is 0. The molecule has 0 unspecified atom stereocenters. The van der Waals surface area contributed by atoms with Crippen LogP contribution in [-0.4, -0.2) is 12.6 Å². The van der Waals surface area contributed by atoms with Crippen molar-refractivity contribution < 1.29 is 4.79 Å². The Hall–Kier alpha value is -1.71. The van der Waals surface area contributed by atoms with Crippen LogP contribution in [0.5, 0.6) is 0 Å². The number of carbonyl (C=O) groups is 1. The first-order chi connectivity index (χ1) is 10.0. The summed E-state index contributed by atoms with van der Waals surface area (Å²) in [5.41, 5.74) is 2.80. The average Bonchev–Trinajstić information content (AvgIpc) is 2.45. The van der Waals surface area contributed by atoms with Gasteiger partial charge in [-0.1, -0.05) is 41.4 Å². The first-order valence-corrected chi connectivity index (χ1v) is 7.35. The standard InChI is InChI=1S/C16H16Cl2N2O/c1-11-2-5-14(18)10-15(11)20-16(21)19-9-8-12-3-6-13(17)7-4-12/h2-7,10H,8-9H2,1H3,(H2,19,20,21). The molecule has 0 atom stereocenters. The zero-order chi connectivity index (χ0) is 15.2. The van der Waals surface area contributed by atoms with E-state index in [1.54, 1.807) is 12.1 Å². The van der Waals surface area contributed by atoms with E-state index in [1.807, 2.05) is 37.3 Å². The third kappa shape index (κ3) is 4.96. The molecule has 21 heavy (non-hydrogen) atoms. The van der Waals surface area contributed by atoms with Crippen molar-refractivity contribution in [3.63, 3.8) is 0 Å². The van der Waals surface area contributed by atoms with E-state index in [4.69, 9.17) is 23.2 Å². The van der Waals surface area contributed by atoms with E-state index in [0.717, 1.165) is 17.5 Å². The van der Waals surface area contributed by atoms with Crippen LogP contribution in [0.2, 0.25) is 10.0 Å². The van der Waals surface area contributed by atoms with Crippen molar-refractivity contribution in [1.82, 2.24) is 5.32 Å². The molecule has 5 heteroatoms. The monoisotopic (exact) mass is 322 g/mol. The normalized spacial score (nSPS) is 10.2. The number of aryl methyl sites for hydroxylation is 1. The number of rotatable bonds is 4. The van der Waals surface area contributed by atoms with Crippen LogP contribution in [0.4, 0.5) is 10.5 Å². The van der Waals surface area contributed by atoms with Gasteiger partial charge in [0.1, 0.15) is 0 Å². The van der Waals surface area contributed by atoms with Crippen molar-refractivity contribution in [3.05, 3.63) is 63.6 Å². The predicted octanol–water partition coefficient (Wildman–Crippen LogP) is 4.67. The Kier molecular flexibility index (Phi) is 5.48. The van der Waals surface area contributed by atoms with E-state index in [1.165, 1.54) is 0 Å². The number of hydrogen-bond acceptors (Lipinski definition) is 1. The van der Waals surface area contributed by atoms with Gasteiger partial charge in [-0.15, -0.1) is 0 Å². The summed E-state index contributed by atoms with van der Waals surface area (Å²) in [5, 5.41) is 6.91. The lowest BCUT2D eigenvalue weighted by Crippen LogP contribution is -2.30. The number of nitrogens with one attached hydrogen (secondary N) is 2. The van der Waals surface area contributed by atoms with Crippen LogP contribution < -0.4 is 10.6 Å². The van der Waals surface area contributed by atoms with E-state index in [-0.39, 0.29) is 6.03 Å². The third-order valence-corrected chi connectivity index (χ3v) is 3.55. The average molecular weight is 323 g/mol. The second-order valence-corrected chi connectivity index (χ2v) is 5.59. The van der Waals surface area contributed by atoms with Crippen molar-refractivity contribution in [3.8, 4) is 0 Å². The third-order valence-electron chi connectivity index (χ3n) is 3.06. The summed E-state index contributed by atoms with van der Waals surface area (Å²) in [6.45, 7) is 2.47. The molecule has 0 saturated carbocycles. The summed E-state index contributed by atoms with van der Waals surface area (Å²) in [6, 6.07) is 12.7. The van der Waals surface area contributed by atoms with Gasteiger partial charge >= 0.3 is 6.03 Å². The Labute approximate surface area is 134 Å². The molecule has 2 amide bonds. The fourth-order valence-corrected chi connectivity index (χ4v) is 2.16. The van der Waals surface area contributed by atoms with Crippen molar-refractivity contribution >= 4 is 34.9 Å². The van der Waals surface area contributed by atoms with Gasteiger partial charge in [-0.25, -0.2) is 4.79 Å². The number of urea groups is 1. The first kappa shape index (κ1) is 15.7. The molecule has 2 N–H and O–H groups in total. The van der Waals surface area contributed by atoms with Gasteiger partial charge in [-0.05, 0) is 48.7 Å². The number of benzene rings is 2. The molecular weight excluding hydrogens is 307 g/mol. The van der Waals surface area contributed by atoms with Gasteiger partial charge in [0, 0.05) is 22.3 Å². The maximum atomic E-state index is 11.8. The topological polar surface area (TPSA) is 41.1 Å². The number of anilines is 1. The Bertz CT molecular complexity index is 627. The molecule has 0 aliphatic heterocycles. The van der Waals surface area contributed by atoms with Crippen LogP contribution in [0.3, 0.4) is 0 Å². The quantitative estimate of drug-likeness (QED) is 0.844. The molecule has 0 aromatic heterocycles. The first-order valence-electron chi connectivity index (χ1n) is 6.60. The van der Waals surface area contributed by atoms with Crippen LogP contribution in [0.15, 0.2) is 42.5 Å². The minimum absolute atomic E-state index is 0.241. The van der Waals surface area contributed by atoms with Crippen LogP contribution in [-0.2, 0) is 6.42 Å². The largest absolute Gasteiger partial charge is 0.338 e. The lowest BCUT2D eigenvalue weighted by molar-refractivity contribution is 0.252. The molecule has 2 rings (SSSR count). The molecule has 2 aromatic rings. The molecule has 0 saturated heterocycles. The highest BCUT2D eigenvalue weighted by molar-refractivity contribution is 6.31. The number of amides is 2. The Morgan fingerprint density at radius 3 is 2.43 bits per heavy atom. The molecule has 3 nitrogen and oxygen atoms in total. The van der Waals surface area contributed by atoms with Crippen LogP contribution in [0.1, 0.15) is 11.1 Å². The Morgan fingerprint density at radius 1 is 1.05 bits per heavy atom. The van der Waals surface area contributed by atoms with Crippen molar-refractivity contribution in [2.45, 2.75) is 13.3 Å². The molecule has 0 radical (unpaired) electrons. The molecular formula is C16H16Cl2N2O. The summed E-state index contributed by atoms with van der Waals surface area (Å²) >= 11 is 11.7. The fraction of sp³-hybridized carbons (Fsp3) is 0.188. The molecule has 0 aliphatic rings. The Balaban J connectivity index is 1.82. The van der Waals surface area contributed by atoms with Gasteiger partial charge in [0.25, 0.3) is 0 Å². The van der Waals surface area contributed by atoms with Gasteiger partial charge in [0.15, 0.2) is 0 Å². The minimum atomic E-state index is -0.241. The minimum Gasteiger partial charge on any atom is -0.338 e. The predicted molar refractivity (Wildman–Crippen MR) is 88.4 cm³/mol. The van der Waals surface area contributed by atoms with Gasteiger partial charge < -0.3 is 10.6 Å². The van der Waals surface area contributed by atoms with E-state index in [2.05, 4.69) is 10.6 Å². The molecule has 0 spiro atoms. The molecule has 0 aliphatic carbocycles. The van der Waals surface area contributed by atoms with E-state index >= 15 is 0 Å². The highest BCUT2D eigenvalue weighted by atomic mass is 35.5. The lowest BCUT2D eigenvalue weighted by Gasteiger charge is -2.10. The number of carbonyl (C=O) groups excluding carboxylic acids is 1. The molecule has 0 heterocycles. The number of hydrogen-bond donors (Lipinski definition) is 2. The zero-order valence-electron chi connectivity index (χ0n) is 11.6. The molecule has 0 bridgehead atoms. The van der Waals surface area contributed by atoms with E-state index in [9.17, 15) is 4.79 Å². The highest BCUT2D eigenvalue weighted by Crippen LogP contribution is 2.19. The summed E-state index contributed by atoms with van der Waals surface area (Å²) < 4.78 is 0. The van der Waals surface area contributed by atoms with Crippen LogP contribution >= 0.6 is 23.2 Å². The maximum absolute atomic E-state index is 11.8. The van der Waals surface area contributed by atoms with Crippen LogP contribution in [0, 0.1) is 6.92 Å². The van der Waals surface area contributed by atoms with Gasteiger partial charge in [0.2, 0.25) is 0 Å². The lowest BCUT2D eigenvalue weighted by atomic mass is 10.1. The van der Waals surface area contributed by atoms with Crippen LogP contribution in [0.25, 0.3) is 0 Å². The smallest absolute Gasteiger partial charge is 0.319 e. The van der Waals surface area contributed by atoms with Crippen molar-refractivity contribution in [1.29, 1.82) is 0 Å². The number of halogens is 2. The maximum Gasteiger partial charge on any atom is 0.319 e. The highest BCUT2D eigenvalue weighted by Gasteiger charge is 2.04. The van der Waals surface area contributed by atoms with Gasteiger partial charge in [0.05, 0.1) is 0 Å². The zero-order valence-corrected chi connectivity index (χ0v) is 13.1. The summed E-state index contributed by atoms with van der Waals surface area (Å²) in [4.78, 5) is 11.8.